The highest BCUT2D eigenvalue weighted by Crippen LogP contribution is 2.09. The summed E-state index contributed by atoms with van der Waals surface area (Å²) in [6.45, 7) is 3.57. The highest BCUT2D eigenvalue weighted by molar-refractivity contribution is 5.76. The van der Waals surface area contributed by atoms with Crippen molar-refractivity contribution in [1.82, 2.24) is 24.4 Å². The van der Waals surface area contributed by atoms with Crippen LogP contribution < -0.4 is 16.1 Å². The van der Waals surface area contributed by atoms with Gasteiger partial charge in [-0.2, -0.15) is 0 Å². The number of anilines is 1. The highest BCUT2D eigenvalue weighted by Gasteiger charge is 2.23. The smallest absolute Gasteiger partial charge is 0.329 e. The zero-order chi connectivity index (χ0) is 17.1. The van der Waals surface area contributed by atoms with Gasteiger partial charge in [-0.05, 0) is 13.0 Å². The Morgan fingerprint density at radius 2 is 1.83 bits per heavy atom. The average molecular weight is 330 g/mol. The molecule has 126 valence electrons. The third-order valence-corrected chi connectivity index (χ3v) is 3.92. The molecule has 1 N–H and O–H groups in total. The molecule has 0 atom stereocenters. The maximum atomic E-state index is 12.4. The van der Waals surface area contributed by atoms with E-state index in [1.165, 1.54) is 6.07 Å². The minimum absolute atomic E-state index is 0.250. The number of hydrogen-bond donors (Lipinski definition) is 1. The molecule has 1 fully saturated rings. The SMILES string of the molecule is Cc1cc(=O)n(CC(=O)N2CCN(c3ncccn3)CC2)c(=O)[nH]1. The molecule has 0 saturated carbocycles. The summed E-state index contributed by atoms with van der Waals surface area (Å²) in [6.07, 6.45) is 3.35. The van der Waals surface area contributed by atoms with Crippen molar-refractivity contribution < 1.29 is 4.79 Å². The van der Waals surface area contributed by atoms with E-state index in [2.05, 4.69) is 15.0 Å². The molecule has 0 aliphatic carbocycles. The van der Waals surface area contributed by atoms with Crippen LogP contribution in [-0.4, -0.2) is 56.5 Å². The van der Waals surface area contributed by atoms with E-state index in [9.17, 15) is 14.4 Å². The number of amides is 1. The standard InChI is InChI=1S/C15H18N6O3/c1-11-9-12(22)21(15(24)18-11)10-13(23)19-5-7-20(8-6-19)14-16-3-2-4-17-14/h2-4,9H,5-8,10H2,1H3,(H,18,24). The van der Waals surface area contributed by atoms with Gasteiger partial charge in [-0.3, -0.25) is 14.2 Å². The molecule has 24 heavy (non-hydrogen) atoms. The number of aromatic nitrogens is 4. The predicted octanol–water partition coefficient (Wildman–Crippen LogP) is -1.02. The maximum absolute atomic E-state index is 12.4. The third kappa shape index (κ3) is 3.34. The molecule has 1 aliphatic rings. The molecule has 0 bridgehead atoms. The first kappa shape index (κ1) is 15.9. The van der Waals surface area contributed by atoms with Gasteiger partial charge in [-0.15, -0.1) is 0 Å². The highest BCUT2D eigenvalue weighted by atomic mass is 16.2. The molecule has 1 saturated heterocycles. The van der Waals surface area contributed by atoms with Gasteiger partial charge in [-0.1, -0.05) is 0 Å². The fraction of sp³-hybridized carbons (Fsp3) is 0.400. The number of nitrogens with one attached hydrogen (secondary N) is 1. The first-order valence-corrected chi connectivity index (χ1v) is 7.65. The lowest BCUT2D eigenvalue weighted by Crippen LogP contribution is -2.51. The number of aromatic amines is 1. The molecule has 0 spiro atoms. The topological polar surface area (TPSA) is 104 Å². The van der Waals surface area contributed by atoms with Gasteiger partial charge < -0.3 is 14.8 Å². The molecular formula is C15H18N6O3. The number of hydrogen-bond acceptors (Lipinski definition) is 6. The van der Waals surface area contributed by atoms with Gasteiger partial charge in [0.05, 0.1) is 0 Å². The van der Waals surface area contributed by atoms with Crippen molar-refractivity contribution in [3.63, 3.8) is 0 Å². The predicted molar refractivity (Wildman–Crippen MR) is 86.9 cm³/mol. The summed E-state index contributed by atoms with van der Waals surface area (Å²) in [7, 11) is 0. The molecule has 3 heterocycles. The van der Waals surface area contributed by atoms with Crippen molar-refractivity contribution in [1.29, 1.82) is 0 Å². The van der Waals surface area contributed by atoms with Gasteiger partial charge in [0, 0.05) is 50.3 Å². The molecule has 0 radical (unpaired) electrons. The van der Waals surface area contributed by atoms with Gasteiger partial charge in [0.25, 0.3) is 5.56 Å². The Kier molecular flexibility index (Phi) is 4.41. The monoisotopic (exact) mass is 330 g/mol. The van der Waals surface area contributed by atoms with Gasteiger partial charge in [0.1, 0.15) is 6.54 Å². The molecule has 1 amide bonds. The molecule has 3 rings (SSSR count). The van der Waals surface area contributed by atoms with Crippen LogP contribution in [0.25, 0.3) is 0 Å². The Labute approximate surface area is 137 Å². The number of nitrogens with zero attached hydrogens (tertiary/aromatic N) is 5. The number of piperazine rings is 1. The van der Waals surface area contributed by atoms with E-state index in [0.29, 0.717) is 37.8 Å². The van der Waals surface area contributed by atoms with E-state index in [4.69, 9.17) is 0 Å². The molecule has 1 aliphatic heterocycles. The summed E-state index contributed by atoms with van der Waals surface area (Å²) in [6, 6.07) is 3.06. The molecule has 2 aromatic rings. The maximum Gasteiger partial charge on any atom is 0.329 e. The number of carbonyl (C=O) groups excluding carboxylic acids is 1. The summed E-state index contributed by atoms with van der Waals surface area (Å²) >= 11 is 0. The largest absolute Gasteiger partial charge is 0.338 e. The van der Waals surface area contributed by atoms with Crippen molar-refractivity contribution in [2.24, 2.45) is 0 Å². The Morgan fingerprint density at radius 3 is 2.46 bits per heavy atom. The van der Waals surface area contributed by atoms with E-state index in [0.717, 1.165) is 4.57 Å². The van der Waals surface area contributed by atoms with Crippen molar-refractivity contribution in [3.05, 3.63) is 51.1 Å². The quantitative estimate of drug-likeness (QED) is 0.773. The van der Waals surface area contributed by atoms with Crippen molar-refractivity contribution >= 4 is 11.9 Å². The van der Waals surface area contributed by atoms with Crippen LogP contribution in [0.2, 0.25) is 0 Å². The van der Waals surface area contributed by atoms with E-state index >= 15 is 0 Å². The molecule has 9 nitrogen and oxygen atoms in total. The zero-order valence-electron chi connectivity index (χ0n) is 13.3. The number of carbonyl (C=O) groups is 1. The Morgan fingerprint density at radius 1 is 1.17 bits per heavy atom. The first-order valence-electron chi connectivity index (χ1n) is 7.65. The van der Waals surface area contributed by atoms with Crippen molar-refractivity contribution in [2.75, 3.05) is 31.1 Å². The summed E-state index contributed by atoms with van der Waals surface area (Å²) < 4.78 is 0.919. The summed E-state index contributed by atoms with van der Waals surface area (Å²) in [5.74, 6) is 0.385. The van der Waals surface area contributed by atoms with E-state index < -0.39 is 11.2 Å². The fourth-order valence-electron chi connectivity index (χ4n) is 2.63. The molecule has 2 aromatic heterocycles. The van der Waals surface area contributed by atoms with Crippen LogP contribution in [0.1, 0.15) is 5.69 Å². The molecular weight excluding hydrogens is 312 g/mol. The number of rotatable bonds is 3. The van der Waals surface area contributed by atoms with Crippen LogP contribution >= 0.6 is 0 Å². The molecule has 9 heteroatoms. The number of aryl methyl sites for hydroxylation is 1. The Balaban J connectivity index is 1.64. The lowest BCUT2D eigenvalue weighted by Gasteiger charge is -2.34. The van der Waals surface area contributed by atoms with Crippen molar-refractivity contribution in [2.45, 2.75) is 13.5 Å². The van der Waals surface area contributed by atoms with Gasteiger partial charge in [-0.25, -0.2) is 14.8 Å². The van der Waals surface area contributed by atoms with Crippen LogP contribution in [0, 0.1) is 6.92 Å². The zero-order valence-corrected chi connectivity index (χ0v) is 13.3. The fourth-order valence-corrected chi connectivity index (χ4v) is 2.63. The lowest BCUT2D eigenvalue weighted by molar-refractivity contribution is -0.132. The lowest BCUT2D eigenvalue weighted by atomic mass is 10.3. The third-order valence-electron chi connectivity index (χ3n) is 3.92. The average Bonchev–Trinajstić information content (AvgIpc) is 2.59. The summed E-state index contributed by atoms with van der Waals surface area (Å²) in [5, 5.41) is 0. The van der Waals surface area contributed by atoms with E-state index in [1.807, 2.05) is 4.90 Å². The Hall–Kier alpha value is -2.97. The van der Waals surface area contributed by atoms with Crippen LogP contribution in [0.5, 0.6) is 0 Å². The second kappa shape index (κ2) is 6.65. The van der Waals surface area contributed by atoms with Crippen LogP contribution in [0.3, 0.4) is 0 Å². The molecule has 0 unspecified atom stereocenters. The van der Waals surface area contributed by atoms with Crippen LogP contribution in [-0.2, 0) is 11.3 Å². The Bertz CT molecular complexity index is 805. The van der Waals surface area contributed by atoms with Gasteiger partial charge >= 0.3 is 5.69 Å². The van der Waals surface area contributed by atoms with Crippen molar-refractivity contribution in [3.8, 4) is 0 Å². The van der Waals surface area contributed by atoms with E-state index in [-0.39, 0.29) is 12.5 Å². The second-order valence-electron chi connectivity index (χ2n) is 5.60. The minimum atomic E-state index is -0.565. The van der Waals surface area contributed by atoms with Gasteiger partial charge in [0.15, 0.2) is 0 Å². The normalized spacial score (nSPS) is 14.7. The van der Waals surface area contributed by atoms with Gasteiger partial charge in [0.2, 0.25) is 11.9 Å². The molecule has 0 aromatic carbocycles. The van der Waals surface area contributed by atoms with E-state index in [1.54, 1.807) is 30.3 Å². The van der Waals surface area contributed by atoms with Crippen LogP contribution in [0.4, 0.5) is 5.95 Å². The van der Waals surface area contributed by atoms with Crippen LogP contribution in [0.15, 0.2) is 34.1 Å². The number of H-pyrrole nitrogens is 1. The summed E-state index contributed by atoms with van der Waals surface area (Å²) in [4.78, 5) is 50.6. The minimum Gasteiger partial charge on any atom is -0.338 e. The second-order valence-corrected chi connectivity index (χ2v) is 5.60. The summed E-state index contributed by atoms with van der Waals surface area (Å²) in [5.41, 5.74) is -0.559. The first-order chi connectivity index (χ1) is 11.5.